The molecule has 0 aliphatic heterocycles. The van der Waals surface area contributed by atoms with Gasteiger partial charge in [-0.2, -0.15) is 0 Å². The first-order valence-corrected chi connectivity index (χ1v) is 5.40. The summed E-state index contributed by atoms with van der Waals surface area (Å²) in [5, 5.41) is 3.31. The fourth-order valence-electron chi connectivity index (χ4n) is 1.28. The van der Waals surface area contributed by atoms with E-state index in [4.69, 9.17) is 4.74 Å². The molecule has 0 unspecified atom stereocenters. The molecule has 0 aliphatic rings. The van der Waals surface area contributed by atoms with Crippen molar-refractivity contribution < 1.29 is 4.74 Å². The highest BCUT2D eigenvalue weighted by atomic mass is 16.5. The molecule has 0 aliphatic carbocycles. The monoisotopic (exact) mass is 217 g/mol. The Morgan fingerprint density at radius 3 is 2.62 bits per heavy atom. The van der Waals surface area contributed by atoms with Crippen molar-refractivity contribution in [3.63, 3.8) is 0 Å². The van der Waals surface area contributed by atoms with Crippen LogP contribution >= 0.6 is 0 Å². The number of hydrogen-bond donors (Lipinski definition) is 1. The number of nitrogens with one attached hydrogen (secondary N) is 1. The average Bonchev–Trinajstić information content (AvgIpc) is 2.27. The molecular weight excluding hydrogens is 198 g/mol. The smallest absolute Gasteiger partial charge is 0.119 e. The van der Waals surface area contributed by atoms with Crippen LogP contribution in [0.4, 0.5) is 0 Å². The first-order valence-electron chi connectivity index (χ1n) is 5.40. The van der Waals surface area contributed by atoms with Crippen LogP contribution in [0.3, 0.4) is 0 Å². The van der Waals surface area contributed by atoms with Crippen LogP contribution in [0.1, 0.15) is 12.5 Å². The summed E-state index contributed by atoms with van der Waals surface area (Å²) in [6.45, 7) is 11.7. The van der Waals surface area contributed by atoms with Crippen LogP contribution in [-0.4, -0.2) is 13.2 Å². The SMILES string of the molecule is C=CCOc1ccc(CNCC(=C)C)cc1. The summed E-state index contributed by atoms with van der Waals surface area (Å²) >= 11 is 0. The minimum Gasteiger partial charge on any atom is -0.490 e. The van der Waals surface area contributed by atoms with Gasteiger partial charge in [0.1, 0.15) is 12.4 Å². The van der Waals surface area contributed by atoms with Crippen LogP contribution in [0.2, 0.25) is 0 Å². The first-order chi connectivity index (χ1) is 7.72. The maximum atomic E-state index is 5.40. The molecule has 0 saturated carbocycles. The van der Waals surface area contributed by atoms with E-state index >= 15 is 0 Å². The summed E-state index contributed by atoms with van der Waals surface area (Å²) in [4.78, 5) is 0. The molecule has 86 valence electrons. The number of ether oxygens (including phenoxy) is 1. The van der Waals surface area contributed by atoms with Gasteiger partial charge in [-0.15, -0.1) is 0 Å². The second-order valence-electron chi connectivity index (χ2n) is 3.80. The van der Waals surface area contributed by atoms with Crippen molar-refractivity contribution in [2.24, 2.45) is 0 Å². The van der Waals surface area contributed by atoms with Crippen LogP contribution in [-0.2, 0) is 6.54 Å². The minimum atomic E-state index is 0.549. The molecule has 0 saturated heterocycles. The van der Waals surface area contributed by atoms with Crippen LogP contribution in [0.15, 0.2) is 49.1 Å². The van der Waals surface area contributed by atoms with Crippen molar-refractivity contribution in [1.29, 1.82) is 0 Å². The van der Waals surface area contributed by atoms with Crippen LogP contribution in [0.25, 0.3) is 0 Å². The Kier molecular flexibility index (Phi) is 5.37. The van der Waals surface area contributed by atoms with E-state index < -0.39 is 0 Å². The Morgan fingerprint density at radius 1 is 1.38 bits per heavy atom. The van der Waals surface area contributed by atoms with E-state index in [-0.39, 0.29) is 0 Å². The summed E-state index contributed by atoms with van der Waals surface area (Å²) in [5.41, 5.74) is 2.39. The normalized spacial score (nSPS) is 9.81. The molecule has 0 aromatic heterocycles. The lowest BCUT2D eigenvalue weighted by atomic mass is 10.2. The lowest BCUT2D eigenvalue weighted by Crippen LogP contribution is -2.14. The molecule has 1 rings (SSSR count). The molecule has 16 heavy (non-hydrogen) atoms. The standard InChI is InChI=1S/C14H19NO/c1-4-9-16-14-7-5-13(6-8-14)11-15-10-12(2)3/h4-8,15H,1-2,9-11H2,3H3. The maximum absolute atomic E-state index is 5.40. The van der Waals surface area contributed by atoms with Gasteiger partial charge < -0.3 is 10.1 Å². The van der Waals surface area contributed by atoms with Gasteiger partial charge in [0, 0.05) is 13.1 Å². The third kappa shape index (κ3) is 4.80. The van der Waals surface area contributed by atoms with Crippen molar-refractivity contribution in [3.8, 4) is 5.75 Å². The highest BCUT2D eigenvalue weighted by Crippen LogP contribution is 2.11. The van der Waals surface area contributed by atoms with Gasteiger partial charge in [0.15, 0.2) is 0 Å². The largest absolute Gasteiger partial charge is 0.490 e. The summed E-state index contributed by atoms with van der Waals surface area (Å²) in [7, 11) is 0. The molecule has 1 N–H and O–H groups in total. The maximum Gasteiger partial charge on any atom is 0.119 e. The molecule has 2 heteroatoms. The van der Waals surface area contributed by atoms with Gasteiger partial charge in [0.05, 0.1) is 0 Å². The third-order valence-electron chi connectivity index (χ3n) is 2.05. The molecule has 2 nitrogen and oxygen atoms in total. The van der Waals surface area contributed by atoms with Crippen LogP contribution < -0.4 is 10.1 Å². The van der Waals surface area contributed by atoms with E-state index in [0.717, 1.165) is 24.4 Å². The van der Waals surface area contributed by atoms with E-state index in [0.29, 0.717) is 6.61 Å². The summed E-state index contributed by atoms with van der Waals surface area (Å²) < 4.78 is 5.40. The minimum absolute atomic E-state index is 0.549. The average molecular weight is 217 g/mol. The zero-order chi connectivity index (χ0) is 11.8. The van der Waals surface area contributed by atoms with Crippen molar-refractivity contribution in [1.82, 2.24) is 5.32 Å². The van der Waals surface area contributed by atoms with Gasteiger partial charge in [0.2, 0.25) is 0 Å². The van der Waals surface area contributed by atoms with Gasteiger partial charge in [0.25, 0.3) is 0 Å². The van der Waals surface area contributed by atoms with E-state index in [9.17, 15) is 0 Å². The quantitative estimate of drug-likeness (QED) is 0.709. The zero-order valence-corrected chi connectivity index (χ0v) is 9.83. The van der Waals surface area contributed by atoms with Crippen molar-refractivity contribution >= 4 is 0 Å². The lowest BCUT2D eigenvalue weighted by Gasteiger charge is -2.06. The Hall–Kier alpha value is -1.54. The molecule has 0 heterocycles. The van der Waals surface area contributed by atoms with Crippen molar-refractivity contribution in [2.75, 3.05) is 13.2 Å². The van der Waals surface area contributed by atoms with Crippen LogP contribution in [0, 0.1) is 0 Å². The zero-order valence-electron chi connectivity index (χ0n) is 9.83. The van der Waals surface area contributed by atoms with E-state index in [2.05, 4.69) is 30.6 Å². The van der Waals surface area contributed by atoms with Gasteiger partial charge in [-0.25, -0.2) is 0 Å². The van der Waals surface area contributed by atoms with Crippen molar-refractivity contribution in [3.05, 3.63) is 54.6 Å². The van der Waals surface area contributed by atoms with Crippen molar-refractivity contribution in [2.45, 2.75) is 13.5 Å². The van der Waals surface area contributed by atoms with E-state index in [1.807, 2.05) is 19.1 Å². The van der Waals surface area contributed by atoms with Gasteiger partial charge in [-0.1, -0.05) is 36.9 Å². The lowest BCUT2D eigenvalue weighted by molar-refractivity contribution is 0.363. The Bertz CT molecular complexity index is 340. The fourth-order valence-corrected chi connectivity index (χ4v) is 1.28. The predicted octanol–water partition coefficient (Wildman–Crippen LogP) is 2.92. The molecule has 1 aromatic rings. The molecule has 0 spiro atoms. The van der Waals surface area contributed by atoms with E-state index in [1.54, 1.807) is 6.08 Å². The van der Waals surface area contributed by atoms with E-state index in [1.165, 1.54) is 5.56 Å². The summed E-state index contributed by atoms with van der Waals surface area (Å²) in [5.74, 6) is 0.878. The second kappa shape index (κ2) is 6.85. The Morgan fingerprint density at radius 2 is 2.06 bits per heavy atom. The number of hydrogen-bond acceptors (Lipinski definition) is 2. The Balaban J connectivity index is 2.38. The summed E-state index contributed by atoms with van der Waals surface area (Å²) in [6.07, 6.45) is 1.74. The predicted molar refractivity (Wildman–Crippen MR) is 68.7 cm³/mol. The fraction of sp³-hybridized carbons (Fsp3) is 0.286. The molecule has 0 fully saturated rings. The molecule has 0 radical (unpaired) electrons. The molecule has 0 amide bonds. The second-order valence-corrected chi connectivity index (χ2v) is 3.80. The number of benzene rings is 1. The highest BCUT2D eigenvalue weighted by molar-refractivity contribution is 5.27. The van der Waals surface area contributed by atoms with Crippen LogP contribution in [0.5, 0.6) is 5.75 Å². The molecule has 1 aromatic carbocycles. The molecule has 0 bridgehead atoms. The highest BCUT2D eigenvalue weighted by Gasteiger charge is 1.94. The first kappa shape index (κ1) is 12.5. The van der Waals surface area contributed by atoms with Gasteiger partial charge in [-0.3, -0.25) is 0 Å². The topological polar surface area (TPSA) is 21.3 Å². The summed E-state index contributed by atoms with van der Waals surface area (Å²) in [6, 6.07) is 8.07. The Labute approximate surface area is 97.6 Å². The van der Waals surface area contributed by atoms with Gasteiger partial charge in [-0.05, 0) is 24.6 Å². The third-order valence-corrected chi connectivity index (χ3v) is 2.05. The number of rotatable bonds is 7. The van der Waals surface area contributed by atoms with Gasteiger partial charge >= 0.3 is 0 Å². The molecular formula is C14H19NO. The molecule has 0 atom stereocenters.